The number of hydrogen-bond acceptors (Lipinski definition) is 5. The fourth-order valence-electron chi connectivity index (χ4n) is 3.94. The smallest absolute Gasteiger partial charge is 0.223 e. The Morgan fingerprint density at radius 2 is 2.04 bits per heavy atom. The molecule has 0 saturated carbocycles. The number of nitrogens with one attached hydrogen (secondary N) is 1. The van der Waals surface area contributed by atoms with Gasteiger partial charge in [-0.2, -0.15) is 4.39 Å². The third-order valence-electron chi connectivity index (χ3n) is 5.45. The second-order valence-electron chi connectivity index (χ2n) is 7.32. The molecule has 144 valence electrons. The van der Waals surface area contributed by atoms with E-state index in [1.807, 2.05) is 18.3 Å². The van der Waals surface area contributed by atoms with E-state index in [1.54, 1.807) is 6.20 Å². The van der Waals surface area contributed by atoms with Gasteiger partial charge in [0.05, 0.1) is 11.9 Å². The van der Waals surface area contributed by atoms with Gasteiger partial charge in [-0.1, -0.05) is 6.08 Å². The predicted octanol–water partition coefficient (Wildman–Crippen LogP) is 3.62. The standard InChI is InChI=1S/C21H22FN5O/c22-19-12-23-20-6-5-14(13-27(19)20)16-3-1-2-4-18-17(16)11-24-21(26-18)25-15-7-9-28-10-8-15/h3,5-6,11-13,15H,1-2,4,7-10H2,(H,24,25,26). The normalized spacial score (nSPS) is 17.8. The van der Waals surface area contributed by atoms with Gasteiger partial charge in [-0.15, -0.1) is 0 Å². The highest BCUT2D eigenvalue weighted by molar-refractivity contribution is 5.81. The Balaban J connectivity index is 1.48. The molecule has 4 heterocycles. The van der Waals surface area contributed by atoms with E-state index in [4.69, 9.17) is 9.72 Å². The molecule has 0 bridgehead atoms. The molecule has 0 unspecified atom stereocenters. The Bertz CT molecular complexity index is 1040. The second kappa shape index (κ2) is 7.31. The summed E-state index contributed by atoms with van der Waals surface area (Å²) in [5, 5.41) is 3.45. The molecular formula is C21H22FN5O. The van der Waals surface area contributed by atoms with Gasteiger partial charge in [0.25, 0.3) is 0 Å². The maximum atomic E-state index is 14.0. The summed E-state index contributed by atoms with van der Waals surface area (Å²) in [6.07, 6.45) is 12.0. The van der Waals surface area contributed by atoms with Gasteiger partial charge in [-0.25, -0.2) is 15.0 Å². The van der Waals surface area contributed by atoms with Gasteiger partial charge in [-0.3, -0.25) is 4.40 Å². The van der Waals surface area contributed by atoms with Crippen LogP contribution < -0.4 is 5.32 Å². The molecule has 1 N–H and O–H groups in total. The molecule has 2 aliphatic rings. The third-order valence-corrected chi connectivity index (χ3v) is 5.45. The lowest BCUT2D eigenvalue weighted by molar-refractivity contribution is 0.0903. The molecule has 6 nitrogen and oxygen atoms in total. The number of hydrogen-bond donors (Lipinski definition) is 1. The summed E-state index contributed by atoms with van der Waals surface area (Å²) in [5.74, 6) is 0.321. The summed E-state index contributed by atoms with van der Waals surface area (Å²) < 4.78 is 20.9. The van der Waals surface area contributed by atoms with Crippen LogP contribution in [-0.4, -0.2) is 38.6 Å². The number of anilines is 1. The van der Waals surface area contributed by atoms with E-state index in [0.717, 1.165) is 67.7 Å². The Hall–Kier alpha value is -2.80. The van der Waals surface area contributed by atoms with Crippen LogP contribution in [0.15, 0.2) is 36.8 Å². The van der Waals surface area contributed by atoms with Crippen molar-refractivity contribution >= 4 is 17.2 Å². The van der Waals surface area contributed by atoms with E-state index in [2.05, 4.69) is 21.4 Å². The third kappa shape index (κ3) is 3.26. The average molecular weight is 379 g/mol. The number of pyridine rings is 1. The number of imidazole rings is 1. The predicted molar refractivity (Wildman–Crippen MR) is 105 cm³/mol. The zero-order valence-corrected chi connectivity index (χ0v) is 15.6. The first-order valence-corrected chi connectivity index (χ1v) is 9.81. The van der Waals surface area contributed by atoms with Gasteiger partial charge in [0.2, 0.25) is 11.9 Å². The molecule has 1 aliphatic carbocycles. The maximum absolute atomic E-state index is 14.0. The first kappa shape index (κ1) is 17.3. The fraction of sp³-hybridized carbons (Fsp3) is 0.381. The number of ether oxygens (including phenoxy) is 1. The van der Waals surface area contributed by atoms with E-state index in [1.165, 1.54) is 10.6 Å². The van der Waals surface area contributed by atoms with Gasteiger partial charge in [0, 0.05) is 37.2 Å². The summed E-state index contributed by atoms with van der Waals surface area (Å²) >= 11 is 0. The zero-order chi connectivity index (χ0) is 18.9. The van der Waals surface area contributed by atoms with Crippen molar-refractivity contribution in [1.82, 2.24) is 19.4 Å². The average Bonchev–Trinajstić information content (AvgIpc) is 2.96. The molecule has 0 aromatic carbocycles. The lowest BCUT2D eigenvalue weighted by atomic mass is 9.99. The van der Waals surface area contributed by atoms with Crippen molar-refractivity contribution in [2.24, 2.45) is 0 Å². The molecule has 0 spiro atoms. The van der Waals surface area contributed by atoms with Crippen molar-refractivity contribution in [1.29, 1.82) is 0 Å². The molecule has 1 fully saturated rings. The Labute approximate surface area is 162 Å². The van der Waals surface area contributed by atoms with Crippen LogP contribution in [0.2, 0.25) is 0 Å². The van der Waals surface area contributed by atoms with Crippen molar-refractivity contribution in [3.63, 3.8) is 0 Å². The number of nitrogens with zero attached hydrogens (tertiary/aromatic N) is 4. The number of aromatic nitrogens is 4. The first-order valence-electron chi connectivity index (χ1n) is 9.81. The van der Waals surface area contributed by atoms with E-state index in [0.29, 0.717) is 17.6 Å². The number of halogens is 1. The summed E-state index contributed by atoms with van der Waals surface area (Å²) in [5.41, 5.74) is 4.67. The molecule has 28 heavy (non-hydrogen) atoms. The zero-order valence-electron chi connectivity index (χ0n) is 15.6. The van der Waals surface area contributed by atoms with Crippen molar-refractivity contribution in [2.75, 3.05) is 18.5 Å². The fourth-order valence-corrected chi connectivity index (χ4v) is 3.94. The number of allylic oxidation sites excluding steroid dienone is 1. The van der Waals surface area contributed by atoms with Crippen LogP contribution in [0.3, 0.4) is 0 Å². The monoisotopic (exact) mass is 379 g/mol. The van der Waals surface area contributed by atoms with Crippen molar-refractivity contribution in [3.8, 4) is 0 Å². The summed E-state index contributed by atoms with van der Waals surface area (Å²) in [6, 6.07) is 4.18. The van der Waals surface area contributed by atoms with Crippen molar-refractivity contribution in [2.45, 2.75) is 38.1 Å². The highest BCUT2D eigenvalue weighted by Gasteiger charge is 2.19. The number of aryl methyl sites for hydroxylation is 1. The minimum atomic E-state index is -0.362. The quantitative estimate of drug-likeness (QED) is 0.753. The van der Waals surface area contributed by atoms with Gasteiger partial charge >= 0.3 is 0 Å². The van der Waals surface area contributed by atoms with E-state index in [9.17, 15) is 4.39 Å². The van der Waals surface area contributed by atoms with Crippen molar-refractivity contribution in [3.05, 3.63) is 59.6 Å². The molecule has 1 saturated heterocycles. The molecule has 7 heteroatoms. The summed E-state index contributed by atoms with van der Waals surface area (Å²) in [6.45, 7) is 1.56. The lowest BCUT2D eigenvalue weighted by Gasteiger charge is -2.23. The van der Waals surface area contributed by atoms with Crippen LogP contribution in [0.5, 0.6) is 0 Å². The minimum Gasteiger partial charge on any atom is -0.381 e. The van der Waals surface area contributed by atoms with Gasteiger partial charge in [0.15, 0.2) is 0 Å². The minimum absolute atomic E-state index is 0.360. The van der Waals surface area contributed by atoms with Crippen LogP contribution >= 0.6 is 0 Å². The SMILES string of the molecule is Fc1cnc2ccc(C3=CCCCc4nc(NC5CCOCC5)ncc43)cn12. The number of rotatable bonds is 3. The van der Waals surface area contributed by atoms with E-state index < -0.39 is 0 Å². The summed E-state index contributed by atoms with van der Waals surface area (Å²) in [4.78, 5) is 13.5. The highest BCUT2D eigenvalue weighted by Crippen LogP contribution is 2.30. The molecule has 1 aliphatic heterocycles. The topological polar surface area (TPSA) is 64.3 Å². The van der Waals surface area contributed by atoms with Crippen molar-refractivity contribution < 1.29 is 9.13 Å². The van der Waals surface area contributed by atoms with Crippen LogP contribution in [0, 0.1) is 5.95 Å². The summed E-state index contributed by atoms with van der Waals surface area (Å²) in [7, 11) is 0. The molecule has 3 aromatic heterocycles. The lowest BCUT2D eigenvalue weighted by Crippen LogP contribution is -2.28. The highest BCUT2D eigenvalue weighted by atomic mass is 19.1. The van der Waals surface area contributed by atoms with Gasteiger partial charge < -0.3 is 10.1 Å². The Morgan fingerprint density at radius 3 is 2.93 bits per heavy atom. The number of fused-ring (bicyclic) bond motifs is 2. The maximum Gasteiger partial charge on any atom is 0.223 e. The van der Waals surface area contributed by atoms with Crippen LogP contribution in [0.1, 0.15) is 42.5 Å². The van der Waals surface area contributed by atoms with Crippen LogP contribution in [0.25, 0.3) is 11.2 Å². The van der Waals surface area contributed by atoms with Gasteiger partial charge in [-0.05, 0) is 55.4 Å². The van der Waals surface area contributed by atoms with E-state index >= 15 is 0 Å². The first-order chi connectivity index (χ1) is 13.8. The molecule has 0 radical (unpaired) electrons. The molecule has 0 amide bonds. The van der Waals surface area contributed by atoms with E-state index in [-0.39, 0.29) is 5.95 Å². The van der Waals surface area contributed by atoms with Crippen LogP contribution in [-0.2, 0) is 11.2 Å². The largest absolute Gasteiger partial charge is 0.381 e. The van der Waals surface area contributed by atoms with Gasteiger partial charge in [0.1, 0.15) is 5.65 Å². The Morgan fingerprint density at radius 1 is 1.14 bits per heavy atom. The molecule has 0 atom stereocenters. The molecular weight excluding hydrogens is 357 g/mol. The second-order valence-corrected chi connectivity index (χ2v) is 7.32. The Kier molecular flexibility index (Phi) is 4.52. The molecule has 3 aromatic rings. The molecule has 5 rings (SSSR count). The van der Waals surface area contributed by atoms with Crippen LogP contribution in [0.4, 0.5) is 10.3 Å².